The summed E-state index contributed by atoms with van der Waals surface area (Å²) in [7, 11) is 0. The van der Waals surface area contributed by atoms with Crippen molar-refractivity contribution in [1.29, 1.82) is 0 Å². The predicted octanol–water partition coefficient (Wildman–Crippen LogP) is 1.51. The molecule has 21 heavy (non-hydrogen) atoms. The van der Waals surface area contributed by atoms with Crippen LogP contribution in [-0.4, -0.2) is 24.9 Å². The van der Waals surface area contributed by atoms with E-state index in [4.69, 9.17) is 4.42 Å². The number of rotatable bonds is 6. The number of hydrogen-bond donors (Lipinski definition) is 2. The average molecular weight is 290 g/mol. The van der Waals surface area contributed by atoms with Crippen LogP contribution in [0.15, 0.2) is 47.3 Å². The van der Waals surface area contributed by atoms with Crippen LogP contribution >= 0.6 is 0 Å². The van der Waals surface area contributed by atoms with Gasteiger partial charge in [0, 0.05) is 6.54 Å². The molecule has 0 unspecified atom stereocenters. The number of amides is 2. The van der Waals surface area contributed by atoms with E-state index in [0.717, 1.165) is 5.56 Å². The Morgan fingerprint density at radius 2 is 1.86 bits per heavy atom. The Morgan fingerprint density at radius 3 is 2.52 bits per heavy atom. The fraction of sp³-hybridized carbons (Fsp3) is 0.200. The summed E-state index contributed by atoms with van der Waals surface area (Å²) < 4.78 is 17.5. The summed E-state index contributed by atoms with van der Waals surface area (Å²) in [5.74, 6) is -0.934. The fourth-order valence-corrected chi connectivity index (χ4v) is 1.72. The van der Waals surface area contributed by atoms with E-state index in [2.05, 4.69) is 10.6 Å². The molecule has 1 heterocycles. The van der Waals surface area contributed by atoms with Crippen molar-refractivity contribution in [2.45, 2.75) is 6.42 Å². The van der Waals surface area contributed by atoms with E-state index in [0.29, 0.717) is 18.5 Å². The van der Waals surface area contributed by atoms with Gasteiger partial charge in [0.25, 0.3) is 5.91 Å². The van der Waals surface area contributed by atoms with Gasteiger partial charge >= 0.3 is 0 Å². The molecule has 0 fully saturated rings. The lowest BCUT2D eigenvalue weighted by Crippen LogP contribution is -2.37. The Morgan fingerprint density at radius 1 is 1.10 bits per heavy atom. The molecule has 0 atom stereocenters. The molecule has 1 aromatic carbocycles. The Kier molecular flexibility index (Phi) is 5.09. The molecular formula is C15H15FN2O3. The van der Waals surface area contributed by atoms with E-state index in [-0.39, 0.29) is 24.2 Å². The van der Waals surface area contributed by atoms with Crippen LogP contribution in [0.3, 0.4) is 0 Å². The van der Waals surface area contributed by atoms with Crippen LogP contribution in [0.25, 0.3) is 0 Å². The zero-order valence-electron chi connectivity index (χ0n) is 11.3. The van der Waals surface area contributed by atoms with Crippen molar-refractivity contribution in [3.05, 3.63) is 59.8 Å². The minimum absolute atomic E-state index is 0.104. The van der Waals surface area contributed by atoms with Gasteiger partial charge in [-0.3, -0.25) is 9.59 Å². The zero-order valence-corrected chi connectivity index (χ0v) is 11.3. The smallest absolute Gasteiger partial charge is 0.254 e. The summed E-state index contributed by atoms with van der Waals surface area (Å²) in [4.78, 5) is 23.1. The first kappa shape index (κ1) is 14.8. The normalized spacial score (nSPS) is 10.1. The second kappa shape index (κ2) is 7.23. The summed E-state index contributed by atoms with van der Waals surface area (Å²) in [6.45, 7) is 0.319. The molecule has 0 bridgehead atoms. The van der Waals surface area contributed by atoms with Crippen LogP contribution in [0, 0.1) is 5.82 Å². The summed E-state index contributed by atoms with van der Waals surface area (Å²) >= 11 is 0. The molecule has 2 rings (SSSR count). The summed E-state index contributed by atoms with van der Waals surface area (Å²) in [6, 6.07) is 7.61. The fourth-order valence-electron chi connectivity index (χ4n) is 1.72. The van der Waals surface area contributed by atoms with Crippen molar-refractivity contribution in [3.8, 4) is 0 Å². The van der Waals surface area contributed by atoms with Gasteiger partial charge in [0.1, 0.15) is 12.1 Å². The minimum atomic E-state index is -0.363. The van der Waals surface area contributed by atoms with Crippen LogP contribution in [0.1, 0.15) is 15.9 Å². The lowest BCUT2D eigenvalue weighted by molar-refractivity contribution is -0.120. The largest absolute Gasteiger partial charge is 0.472 e. The molecule has 2 amide bonds. The standard InChI is InChI=1S/C15H15FN2O3/c16-13-3-1-11(2-4-13)5-7-17-14(19)9-18-15(20)12-6-8-21-10-12/h1-4,6,8,10H,5,7,9H2,(H,17,19)(H,18,20). The zero-order chi connectivity index (χ0) is 15.1. The van der Waals surface area contributed by atoms with E-state index < -0.39 is 0 Å². The van der Waals surface area contributed by atoms with Gasteiger partial charge in [-0.05, 0) is 30.2 Å². The number of furan rings is 1. The van der Waals surface area contributed by atoms with Crippen molar-refractivity contribution < 1.29 is 18.4 Å². The minimum Gasteiger partial charge on any atom is -0.472 e. The highest BCUT2D eigenvalue weighted by atomic mass is 19.1. The van der Waals surface area contributed by atoms with Gasteiger partial charge in [0.05, 0.1) is 18.4 Å². The van der Waals surface area contributed by atoms with Crippen molar-refractivity contribution in [1.82, 2.24) is 10.6 Å². The molecule has 0 aliphatic heterocycles. The highest BCUT2D eigenvalue weighted by molar-refractivity contribution is 5.96. The predicted molar refractivity (Wildman–Crippen MR) is 74.2 cm³/mol. The Bertz CT molecular complexity index is 594. The molecule has 0 aliphatic carbocycles. The van der Waals surface area contributed by atoms with E-state index in [1.54, 1.807) is 12.1 Å². The van der Waals surface area contributed by atoms with Crippen molar-refractivity contribution in [2.24, 2.45) is 0 Å². The summed E-state index contributed by atoms with van der Waals surface area (Å²) in [6.07, 6.45) is 3.29. The number of carbonyl (C=O) groups excluding carboxylic acids is 2. The maximum Gasteiger partial charge on any atom is 0.254 e. The van der Waals surface area contributed by atoms with E-state index >= 15 is 0 Å². The van der Waals surface area contributed by atoms with E-state index in [9.17, 15) is 14.0 Å². The average Bonchev–Trinajstić information content (AvgIpc) is 3.01. The summed E-state index contributed by atoms with van der Waals surface area (Å²) in [5, 5.41) is 5.16. The molecule has 5 nitrogen and oxygen atoms in total. The van der Waals surface area contributed by atoms with Crippen LogP contribution in [0.4, 0.5) is 4.39 Å². The maximum atomic E-state index is 12.7. The van der Waals surface area contributed by atoms with Crippen LogP contribution in [0.5, 0.6) is 0 Å². The van der Waals surface area contributed by atoms with E-state index in [1.165, 1.54) is 30.7 Å². The van der Waals surface area contributed by atoms with Crippen LogP contribution in [0.2, 0.25) is 0 Å². The third kappa shape index (κ3) is 4.76. The highest BCUT2D eigenvalue weighted by Crippen LogP contribution is 2.02. The number of hydrogen-bond acceptors (Lipinski definition) is 3. The number of halogens is 1. The van der Waals surface area contributed by atoms with Crippen LogP contribution < -0.4 is 10.6 Å². The van der Waals surface area contributed by atoms with Gasteiger partial charge in [-0.1, -0.05) is 12.1 Å². The number of benzene rings is 1. The second-order valence-electron chi connectivity index (χ2n) is 4.42. The monoisotopic (exact) mass is 290 g/mol. The number of carbonyl (C=O) groups is 2. The summed E-state index contributed by atoms with van der Waals surface area (Å²) in [5.41, 5.74) is 1.30. The molecule has 0 saturated heterocycles. The Hall–Kier alpha value is -2.63. The second-order valence-corrected chi connectivity index (χ2v) is 4.42. The van der Waals surface area contributed by atoms with Crippen LogP contribution in [-0.2, 0) is 11.2 Å². The molecule has 0 spiro atoms. The third-order valence-corrected chi connectivity index (χ3v) is 2.84. The molecule has 2 N–H and O–H groups in total. The molecular weight excluding hydrogens is 275 g/mol. The van der Waals surface area contributed by atoms with Crippen molar-refractivity contribution in [2.75, 3.05) is 13.1 Å². The maximum absolute atomic E-state index is 12.7. The molecule has 0 radical (unpaired) electrons. The van der Waals surface area contributed by atoms with Gasteiger partial charge < -0.3 is 15.1 Å². The molecule has 1 aromatic heterocycles. The Labute approximate surface area is 121 Å². The van der Waals surface area contributed by atoms with Gasteiger partial charge in [-0.2, -0.15) is 0 Å². The van der Waals surface area contributed by atoms with Gasteiger partial charge in [-0.25, -0.2) is 4.39 Å². The van der Waals surface area contributed by atoms with Crippen molar-refractivity contribution in [3.63, 3.8) is 0 Å². The first-order valence-corrected chi connectivity index (χ1v) is 6.46. The first-order valence-electron chi connectivity index (χ1n) is 6.46. The SMILES string of the molecule is O=C(CNC(=O)c1ccoc1)NCCc1ccc(F)cc1. The van der Waals surface area contributed by atoms with Gasteiger partial charge in [0.2, 0.25) is 5.91 Å². The molecule has 6 heteroatoms. The molecule has 0 aliphatic rings. The number of nitrogens with one attached hydrogen (secondary N) is 2. The Balaban J connectivity index is 1.66. The van der Waals surface area contributed by atoms with E-state index in [1.807, 2.05) is 0 Å². The van der Waals surface area contributed by atoms with Crippen molar-refractivity contribution >= 4 is 11.8 Å². The quantitative estimate of drug-likeness (QED) is 0.847. The lowest BCUT2D eigenvalue weighted by atomic mass is 10.1. The van der Waals surface area contributed by atoms with Gasteiger partial charge in [-0.15, -0.1) is 0 Å². The molecule has 2 aromatic rings. The lowest BCUT2D eigenvalue weighted by Gasteiger charge is -2.06. The van der Waals surface area contributed by atoms with Gasteiger partial charge in [0.15, 0.2) is 0 Å². The molecule has 110 valence electrons. The third-order valence-electron chi connectivity index (χ3n) is 2.84. The highest BCUT2D eigenvalue weighted by Gasteiger charge is 2.08. The first-order chi connectivity index (χ1) is 10.1. The molecule has 0 saturated carbocycles. The topological polar surface area (TPSA) is 71.3 Å².